The van der Waals surface area contributed by atoms with Crippen LogP contribution in [0.4, 0.5) is 0 Å². The van der Waals surface area contributed by atoms with Gasteiger partial charge in [0.1, 0.15) is 11.2 Å². The molecule has 0 aromatic rings. The number of epoxide rings is 1. The van der Waals surface area contributed by atoms with Gasteiger partial charge in [-0.1, -0.05) is 13.8 Å². The summed E-state index contributed by atoms with van der Waals surface area (Å²) in [6.45, 7) is 9.38. The van der Waals surface area contributed by atoms with Crippen LogP contribution in [0.1, 0.15) is 72.1 Å². The van der Waals surface area contributed by atoms with Gasteiger partial charge in [-0.15, -0.1) is 0 Å². The van der Waals surface area contributed by atoms with Crippen LogP contribution in [0.25, 0.3) is 0 Å². The van der Waals surface area contributed by atoms with Crippen molar-refractivity contribution in [2.45, 2.75) is 101 Å². The second kappa shape index (κ2) is 5.87. The number of hydrogen-bond donors (Lipinski definition) is 1. The number of aliphatic hydroxyl groups is 1. The number of hydrogen-bond acceptors (Lipinski definition) is 6. The summed E-state index contributed by atoms with van der Waals surface area (Å²) in [6, 6.07) is 0. The van der Waals surface area contributed by atoms with Crippen molar-refractivity contribution < 1.29 is 28.8 Å². The zero-order valence-electron chi connectivity index (χ0n) is 19.3. The average molecular weight is 435 g/mol. The minimum absolute atomic E-state index is 0.0664. The molecule has 6 nitrogen and oxygen atoms in total. The van der Waals surface area contributed by atoms with Crippen molar-refractivity contribution in [2.75, 3.05) is 26.4 Å². The third kappa shape index (κ3) is 2.17. The Morgan fingerprint density at radius 2 is 1.39 bits per heavy atom. The molecule has 31 heavy (non-hydrogen) atoms. The molecule has 0 unspecified atom stereocenters. The summed E-state index contributed by atoms with van der Waals surface area (Å²) in [4.78, 5) is 0. The Bertz CT molecular complexity index is 789. The Morgan fingerprint density at radius 1 is 0.742 bits per heavy atom. The molecule has 8 atom stereocenters. The molecule has 0 bridgehead atoms. The van der Waals surface area contributed by atoms with Crippen LogP contribution in [0.3, 0.4) is 0 Å². The van der Waals surface area contributed by atoms with E-state index in [4.69, 9.17) is 23.7 Å². The fraction of sp³-hybridized carbons (Fsp3) is 1.00. The van der Waals surface area contributed by atoms with Gasteiger partial charge < -0.3 is 28.8 Å². The molecule has 4 saturated carbocycles. The molecule has 6 heteroatoms. The fourth-order valence-electron chi connectivity index (χ4n) is 9.88. The molecule has 7 fully saturated rings. The highest BCUT2D eigenvalue weighted by molar-refractivity contribution is 5.27. The third-order valence-corrected chi connectivity index (χ3v) is 11.6. The normalized spacial score (nSPS) is 58.5. The molecule has 2 spiro atoms. The predicted octanol–water partition coefficient (Wildman–Crippen LogP) is 3.40. The Kier molecular flexibility index (Phi) is 3.82. The number of fused-ring (bicyclic) bond motifs is 4. The molecule has 3 aliphatic heterocycles. The molecule has 3 heterocycles. The lowest BCUT2D eigenvalue weighted by molar-refractivity contribution is -0.301. The molecule has 0 radical (unpaired) electrons. The quantitative estimate of drug-likeness (QED) is 0.638. The maximum atomic E-state index is 12.1. The van der Waals surface area contributed by atoms with Crippen LogP contribution in [0, 0.1) is 28.6 Å². The topological polar surface area (TPSA) is 69.7 Å². The van der Waals surface area contributed by atoms with Crippen molar-refractivity contribution in [1.29, 1.82) is 0 Å². The second-order valence-electron chi connectivity index (χ2n) is 12.3. The number of rotatable bonds is 1. The summed E-state index contributed by atoms with van der Waals surface area (Å²) in [7, 11) is 0. The molecular weight excluding hydrogens is 396 g/mol. The molecule has 7 rings (SSSR count). The van der Waals surface area contributed by atoms with E-state index in [0.29, 0.717) is 50.3 Å². The van der Waals surface area contributed by atoms with Gasteiger partial charge in [0.15, 0.2) is 11.6 Å². The number of ether oxygens (including phenoxy) is 5. The Hall–Kier alpha value is -0.240. The van der Waals surface area contributed by atoms with Gasteiger partial charge >= 0.3 is 0 Å². The van der Waals surface area contributed by atoms with Gasteiger partial charge in [0.05, 0.1) is 32.5 Å². The van der Waals surface area contributed by atoms with E-state index in [1.54, 1.807) is 0 Å². The Morgan fingerprint density at radius 3 is 2.13 bits per heavy atom. The van der Waals surface area contributed by atoms with Crippen molar-refractivity contribution in [3.05, 3.63) is 0 Å². The summed E-state index contributed by atoms with van der Waals surface area (Å²) < 4.78 is 31.0. The molecule has 1 N–H and O–H groups in total. The van der Waals surface area contributed by atoms with Gasteiger partial charge in [-0.05, 0) is 63.2 Å². The molecule has 3 saturated heterocycles. The lowest BCUT2D eigenvalue weighted by Gasteiger charge is -2.61. The first kappa shape index (κ1) is 20.2. The Labute approximate surface area is 185 Å². The van der Waals surface area contributed by atoms with Crippen molar-refractivity contribution >= 4 is 0 Å². The lowest BCUT2D eigenvalue weighted by Crippen LogP contribution is -2.65. The van der Waals surface area contributed by atoms with Crippen molar-refractivity contribution in [3.63, 3.8) is 0 Å². The van der Waals surface area contributed by atoms with Crippen molar-refractivity contribution in [1.82, 2.24) is 0 Å². The first-order chi connectivity index (χ1) is 14.7. The Balaban J connectivity index is 1.21. The zero-order valence-corrected chi connectivity index (χ0v) is 19.3. The fourth-order valence-corrected chi connectivity index (χ4v) is 9.88. The summed E-state index contributed by atoms with van der Waals surface area (Å²) in [5.74, 6) is 0.459. The van der Waals surface area contributed by atoms with Gasteiger partial charge in [0.25, 0.3) is 0 Å². The summed E-state index contributed by atoms with van der Waals surface area (Å²) in [5, 5.41) is 12.1. The second-order valence-corrected chi connectivity index (χ2v) is 12.3. The highest BCUT2D eigenvalue weighted by Crippen LogP contribution is 2.76. The minimum atomic E-state index is -0.922. The highest BCUT2D eigenvalue weighted by atomic mass is 16.8. The van der Waals surface area contributed by atoms with Gasteiger partial charge in [-0.3, -0.25) is 0 Å². The van der Waals surface area contributed by atoms with E-state index >= 15 is 0 Å². The van der Waals surface area contributed by atoms with Gasteiger partial charge in [0.2, 0.25) is 0 Å². The van der Waals surface area contributed by atoms with Gasteiger partial charge in [-0.2, -0.15) is 0 Å². The van der Waals surface area contributed by atoms with E-state index in [9.17, 15) is 5.11 Å². The van der Waals surface area contributed by atoms with E-state index in [2.05, 4.69) is 13.8 Å². The van der Waals surface area contributed by atoms with E-state index in [1.165, 1.54) is 0 Å². The zero-order chi connectivity index (χ0) is 21.3. The summed E-state index contributed by atoms with van der Waals surface area (Å²) in [6.07, 6.45) is 8.44. The van der Waals surface area contributed by atoms with Crippen LogP contribution >= 0.6 is 0 Å². The van der Waals surface area contributed by atoms with Gasteiger partial charge in [0, 0.05) is 23.7 Å². The molecule has 0 aromatic carbocycles. The maximum Gasteiger partial charge on any atom is 0.195 e. The third-order valence-electron chi connectivity index (χ3n) is 11.6. The van der Waals surface area contributed by atoms with Crippen LogP contribution in [0.2, 0.25) is 0 Å². The van der Waals surface area contributed by atoms with Crippen molar-refractivity contribution in [3.8, 4) is 0 Å². The molecule has 0 aromatic heterocycles. The SMILES string of the molecule is CC1([C@@]2(O)CC[C@@H]3[C@@H]4C[C@@H]5O[C@@]56CC5(CC[C@]6(C)[C@H]4CC[C@@]32C)OCCO5)OCCO1. The molecule has 4 aliphatic carbocycles. The van der Waals surface area contributed by atoms with E-state index in [0.717, 1.165) is 51.4 Å². The van der Waals surface area contributed by atoms with Crippen LogP contribution < -0.4 is 0 Å². The van der Waals surface area contributed by atoms with Crippen LogP contribution in [-0.2, 0) is 23.7 Å². The van der Waals surface area contributed by atoms with Crippen LogP contribution in [0.15, 0.2) is 0 Å². The highest BCUT2D eigenvalue weighted by Gasteiger charge is 2.80. The van der Waals surface area contributed by atoms with E-state index < -0.39 is 17.2 Å². The maximum absolute atomic E-state index is 12.1. The monoisotopic (exact) mass is 434 g/mol. The van der Waals surface area contributed by atoms with Crippen LogP contribution in [-0.4, -0.2) is 60.4 Å². The molecule has 174 valence electrons. The largest absolute Gasteiger partial charge is 0.384 e. The standard InChI is InChI=1S/C25H38O6/c1-20-8-9-23(29-12-13-30-23)15-24(20)19(31-24)14-16-17(20)4-6-21(2)18(16)5-7-25(21,26)22(3)27-10-11-28-22/h16-19,26H,4-15H2,1-3H3/t16-,17+,18-,19+,20-,21+,24+,25-/m1/s1. The smallest absolute Gasteiger partial charge is 0.195 e. The van der Waals surface area contributed by atoms with Gasteiger partial charge in [-0.25, -0.2) is 0 Å². The summed E-state index contributed by atoms with van der Waals surface area (Å²) in [5.41, 5.74) is -0.989. The average Bonchev–Trinajstić information content (AvgIpc) is 3.07. The van der Waals surface area contributed by atoms with E-state index in [1.807, 2.05) is 6.92 Å². The predicted molar refractivity (Wildman–Crippen MR) is 111 cm³/mol. The molecule has 7 aliphatic rings. The summed E-state index contributed by atoms with van der Waals surface area (Å²) >= 11 is 0. The molecular formula is C25H38O6. The molecule has 0 amide bonds. The van der Waals surface area contributed by atoms with E-state index in [-0.39, 0.29) is 16.4 Å². The van der Waals surface area contributed by atoms with Crippen LogP contribution in [0.5, 0.6) is 0 Å². The first-order valence-corrected chi connectivity index (χ1v) is 12.7. The minimum Gasteiger partial charge on any atom is -0.384 e. The first-order valence-electron chi connectivity index (χ1n) is 12.7. The lowest BCUT2D eigenvalue weighted by atomic mass is 9.43. The van der Waals surface area contributed by atoms with Crippen molar-refractivity contribution in [2.24, 2.45) is 28.6 Å².